The highest BCUT2D eigenvalue weighted by Gasteiger charge is 2.55. The summed E-state index contributed by atoms with van der Waals surface area (Å²) in [4.78, 5) is 39.7. The predicted octanol–water partition coefficient (Wildman–Crippen LogP) is 2.53. The number of amides is 3. The highest BCUT2D eigenvalue weighted by Crippen LogP contribution is 2.48. The van der Waals surface area contributed by atoms with Crippen LogP contribution in [0.3, 0.4) is 0 Å². The van der Waals surface area contributed by atoms with Crippen molar-refractivity contribution in [1.29, 1.82) is 0 Å². The molecule has 1 saturated carbocycles. The van der Waals surface area contributed by atoms with Gasteiger partial charge in [0.15, 0.2) is 0 Å². The maximum Gasteiger partial charge on any atom is 0.321 e. The normalized spacial score (nSPS) is 27.7. The number of hydrogen-bond acceptors (Lipinski definition) is 3. The molecule has 3 fully saturated rings. The largest absolute Gasteiger partial charge is 0.481 e. The van der Waals surface area contributed by atoms with Crippen LogP contribution in [-0.2, 0) is 9.59 Å². The number of rotatable bonds is 3. The Morgan fingerprint density at radius 3 is 2.81 bits per heavy atom. The summed E-state index contributed by atoms with van der Waals surface area (Å²) < 4.78 is 0. The van der Waals surface area contributed by atoms with Gasteiger partial charge >= 0.3 is 12.0 Å². The minimum absolute atomic E-state index is 0.0410. The van der Waals surface area contributed by atoms with Crippen molar-refractivity contribution in [3.8, 4) is 0 Å². The summed E-state index contributed by atoms with van der Waals surface area (Å²) in [5.74, 6) is -0.645. The molecule has 3 amide bonds. The molecular formula is C19H23N3O4. The van der Waals surface area contributed by atoms with Crippen molar-refractivity contribution in [3.05, 3.63) is 24.3 Å². The molecule has 2 N–H and O–H groups in total. The molecule has 7 heteroatoms. The Balaban J connectivity index is 1.46. The van der Waals surface area contributed by atoms with Crippen LogP contribution in [0.25, 0.3) is 0 Å². The van der Waals surface area contributed by atoms with Crippen LogP contribution in [0.15, 0.2) is 24.3 Å². The van der Waals surface area contributed by atoms with Crippen LogP contribution in [-0.4, -0.2) is 47.5 Å². The number of benzene rings is 1. The van der Waals surface area contributed by atoms with Crippen molar-refractivity contribution in [3.63, 3.8) is 0 Å². The topological polar surface area (TPSA) is 90.0 Å². The molecule has 2 atom stereocenters. The zero-order chi connectivity index (χ0) is 18.3. The second kappa shape index (κ2) is 6.30. The Kier molecular flexibility index (Phi) is 4.09. The van der Waals surface area contributed by atoms with Crippen LogP contribution in [0.2, 0.25) is 0 Å². The van der Waals surface area contributed by atoms with E-state index >= 15 is 0 Å². The Hall–Kier alpha value is -2.57. The smallest absolute Gasteiger partial charge is 0.321 e. The highest BCUT2D eigenvalue weighted by atomic mass is 16.4. The Morgan fingerprint density at radius 1 is 1.27 bits per heavy atom. The molecule has 7 nitrogen and oxygen atoms in total. The first-order valence-electron chi connectivity index (χ1n) is 9.19. The predicted molar refractivity (Wildman–Crippen MR) is 96.0 cm³/mol. The van der Waals surface area contributed by atoms with Gasteiger partial charge in [-0.1, -0.05) is 12.5 Å². The first-order valence-corrected chi connectivity index (χ1v) is 9.19. The Labute approximate surface area is 152 Å². The van der Waals surface area contributed by atoms with E-state index in [-0.39, 0.29) is 24.4 Å². The minimum atomic E-state index is -0.787. The van der Waals surface area contributed by atoms with Crippen LogP contribution >= 0.6 is 0 Å². The number of nitrogens with zero attached hydrogens (tertiary/aromatic N) is 2. The molecule has 3 aliphatic rings. The van der Waals surface area contributed by atoms with E-state index in [0.29, 0.717) is 31.6 Å². The molecule has 2 heterocycles. The van der Waals surface area contributed by atoms with Gasteiger partial charge in [-0.2, -0.15) is 0 Å². The van der Waals surface area contributed by atoms with Crippen molar-refractivity contribution in [2.75, 3.05) is 29.9 Å². The van der Waals surface area contributed by atoms with Gasteiger partial charge in [0.25, 0.3) is 0 Å². The van der Waals surface area contributed by atoms with Gasteiger partial charge in [0.2, 0.25) is 5.91 Å². The summed E-state index contributed by atoms with van der Waals surface area (Å²) in [7, 11) is 0. The summed E-state index contributed by atoms with van der Waals surface area (Å²) in [6.07, 6.45) is 3.83. The van der Waals surface area contributed by atoms with E-state index in [2.05, 4.69) is 5.32 Å². The lowest BCUT2D eigenvalue weighted by Crippen LogP contribution is -2.38. The number of hydrogen-bond donors (Lipinski definition) is 2. The lowest BCUT2D eigenvalue weighted by atomic mass is 9.81. The number of likely N-dealkylation sites (tertiary alicyclic amines) is 1. The van der Waals surface area contributed by atoms with Crippen molar-refractivity contribution in [2.45, 2.75) is 32.1 Å². The number of carboxylic acid groups (broad SMARTS) is 1. The fourth-order valence-electron chi connectivity index (χ4n) is 4.67. The van der Waals surface area contributed by atoms with Gasteiger partial charge in [-0.15, -0.1) is 0 Å². The number of carbonyl (C=O) groups is 3. The van der Waals surface area contributed by atoms with Crippen molar-refractivity contribution in [2.24, 2.45) is 11.3 Å². The average molecular weight is 357 g/mol. The standard InChI is InChI=1S/C19H23N3O4/c23-16-7-3-9-22(16)15-6-1-5-14(10-15)20-18(26)21-11-13-4-2-8-19(13,12-21)17(24)25/h1,5-6,10,13H,2-4,7-9,11-12H2,(H,20,26)(H,24,25)/t13-,19+/m0/s1. The van der Waals surface area contributed by atoms with Crippen LogP contribution in [0.1, 0.15) is 32.1 Å². The molecule has 2 saturated heterocycles. The zero-order valence-corrected chi connectivity index (χ0v) is 14.6. The summed E-state index contributed by atoms with van der Waals surface area (Å²) >= 11 is 0. The molecule has 0 unspecified atom stereocenters. The van der Waals surface area contributed by atoms with E-state index in [0.717, 1.165) is 24.9 Å². The molecule has 0 bridgehead atoms. The van der Waals surface area contributed by atoms with Crippen LogP contribution in [0.5, 0.6) is 0 Å². The van der Waals surface area contributed by atoms with Crippen LogP contribution < -0.4 is 10.2 Å². The first-order chi connectivity index (χ1) is 12.5. The molecule has 0 radical (unpaired) electrons. The number of urea groups is 1. The summed E-state index contributed by atoms with van der Waals surface area (Å²) in [6, 6.07) is 6.98. The number of aliphatic carboxylic acids is 1. The van der Waals surface area contributed by atoms with Gasteiger partial charge in [-0.25, -0.2) is 4.79 Å². The average Bonchev–Trinajstić information content (AvgIpc) is 3.28. The third kappa shape index (κ3) is 2.71. The zero-order valence-electron chi connectivity index (χ0n) is 14.6. The fraction of sp³-hybridized carbons (Fsp3) is 0.526. The van der Waals surface area contributed by atoms with Gasteiger partial charge in [0.05, 0.1) is 5.41 Å². The quantitative estimate of drug-likeness (QED) is 0.870. The summed E-state index contributed by atoms with van der Waals surface area (Å²) in [5, 5.41) is 12.5. The number of fused-ring (bicyclic) bond motifs is 1. The van der Waals surface area contributed by atoms with Crippen LogP contribution in [0.4, 0.5) is 16.2 Å². The Morgan fingerprint density at radius 2 is 2.12 bits per heavy atom. The number of anilines is 2. The molecule has 4 rings (SSSR count). The van der Waals surface area contributed by atoms with Gasteiger partial charge < -0.3 is 20.2 Å². The Bertz CT molecular complexity index is 765. The van der Waals surface area contributed by atoms with E-state index in [1.54, 1.807) is 21.9 Å². The van der Waals surface area contributed by atoms with Gasteiger partial charge in [0.1, 0.15) is 0 Å². The van der Waals surface area contributed by atoms with E-state index in [1.807, 2.05) is 12.1 Å². The molecule has 1 aliphatic carbocycles. The lowest BCUT2D eigenvalue weighted by Gasteiger charge is -2.23. The second-order valence-corrected chi connectivity index (χ2v) is 7.56. The number of carbonyl (C=O) groups excluding carboxylic acids is 2. The molecule has 0 aromatic heterocycles. The number of carboxylic acids is 1. The van der Waals surface area contributed by atoms with Crippen LogP contribution in [0, 0.1) is 11.3 Å². The van der Waals surface area contributed by atoms with Gasteiger partial charge in [-0.3, -0.25) is 9.59 Å². The summed E-state index contributed by atoms with van der Waals surface area (Å²) in [6.45, 7) is 1.46. The third-order valence-corrected chi connectivity index (χ3v) is 6.07. The molecule has 1 aromatic rings. The fourth-order valence-corrected chi connectivity index (χ4v) is 4.67. The molecule has 138 valence electrons. The van der Waals surface area contributed by atoms with Crippen molar-refractivity contribution in [1.82, 2.24) is 4.90 Å². The molecule has 1 aromatic carbocycles. The maximum absolute atomic E-state index is 12.6. The second-order valence-electron chi connectivity index (χ2n) is 7.56. The van der Waals surface area contributed by atoms with E-state index < -0.39 is 11.4 Å². The molecular weight excluding hydrogens is 334 g/mol. The maximum atomic E-state index is 12.6. The van der Waals surface area contributed by atoms with Crippen molar-refractivity contribution < 1.29 is 19.5 Å². The van der Waals surface area contributed by atoms with E-state index in [9.17, 15) is 19.5 Å². The third-order valence-electron chi connectivity index (χ3n) is 6.07. The van der Waals surface area contributed by atoms with Gasteiger partial charge in [-0.05, 0) is 43.4 Å². The van der Waals surface area contributed by atoms with E-state index in [4.69, 9.17) is 0 Å². The highest BCUT2D eigenvalue weighted by molar-refractivity contribution is 5.97. The lowest BCUT2D eigenvalue weighted by molar-refractivity contribution is -0.149. The monoisotopic (exact) mass is 357 g/mol. The van der Waals surface area contributed by atoms with E-state index in [1.165, 1.54) is 0 Å². The first kappa shape index (κ1) is 16.9. The molecule has 2 aliphatic heterocycles. The van der Waals surface area contributed by atoms with Crippen molar-refractivity contribution >= 4 is 29.3 Å². The number of nitrogens with one attached hydrogen (secondary N) is 1. The van der Waals surface area contributed by atoms with Gasteiger partial charge in [0, 0.05) is 37.4 Å². The minimum Gasteiger partial charge on any atom is -0.481 e. The SMILES string of the molecule is O=C(Nc1cccc(N2CCCC2=O)c1)N1C[C@@H]2CCC[C@@]2(C(=O)O)C1. The molecule has 26 heavy (non-hydrogen) atoms. The molecule has 0 spiro atoms. The summed E-state index contributed by atoms with van der Waals surface area (Å²) in [5.41, 5.74) is 0.625.